The molecule has 0 fully saturated rings. The van der Waals surface area contributed by atoms with Crippen LogP contribution in [0.2, 0.25) is 0 Å². The Labute approximate surface area is 123 Å². The number of ether oxygens (including phenoxy) is 3. The van der Waals surface area contributed by atoms with E-state index in [4.69, 9.17) is 14.2 Å². The van der Waals surface area contributed by atoms with Gasteiger partial charge in [0.15, 0.2) is 0 Å². The minimum Gasteiger partial charge on any atom is -0.496 e. The van der Waals surface area contributed by atoms with Gasteiger partial charge in [-0.3, -0.25) is 4.21 Å². The Hall–Kier alpha value is -1.23. The molecule has 0 spiro atoms. The maximum absolute atomic E-state index is 12.4. The molecule has 1 rings (SSSR count). The van der Waals surface area contributed by atoms with Crippen LogP contribution in [0.4, 0.5) is 0 Å². The van der Waals surface area contributed by atoms with Crippen LogP contribution in [0.25, 0.3) is 0 Å². The number of benzene rings is 1. The van der Waals surface area contributed by atoms with Crippen LogP contribution in [-0.2, 0) is 10.8 Å². The molecule has 2 unspecified atom stereocenters. The second kappa shape index (κ2) is 7.53. The molecule has 0 aliphatic rings. The van der Waals surface area contributed by atoms with Crippen LogP contribution in [0.5, 0.6) is 17.2 Å². The summed E-state index contributed by atoms with van der Waals surface area (Å²) in [7, 11) is 3.82. The molecule has 1 aromatic rings. The average Bonchev–Trinajstić information content (AvgIpc) is 2.46. The fourth-order valence-corrected chi connectivity index (χ4v) is 3.72. The predicted molar refractivity (Wildman–Crippen MR) is 82.4 cm³/mol. The second-order valence-electron chi connectivity index (χ2n) is 4.78. The van der Waals surface area contributed by atoms with E-state index in [0.717, 1.165) is 5.56 Å². The highest BCUT2D eigenvalue weighted by molar-refractivity contribution is 7.85. The van der Waals surface area contributed by atoms with E-state index in [1.54, 1.807) is 33.5 Å². The van der Waals surface area contributed by atoms with Crippen molar-refractivity contribution in [3.8, 4) is 17.2 Å². The summed E-state index contributed by atoms with van der Waals surface area (Å²) in [5.74, 6) is 2.78. The zero-order valence-corrected chi connectivity index (χ0v) is 13.9. The lowest BCUT2D eigenvalue weighted by atomic mass is 10.00. The van der Waals surface area contributed by atoms with Gasteiger partial charge in [-0.2, -0.15) is 0 Å². The van der Waals surface area contributed by atoms with Crippen molar-refractivity contribution in [1.29, 1.82) is 0 Å². The van der Waals surface area contributed by atoms with E-state index >= 15 is 0 Å². The fourth-order valence-electron chi connectivity index (χ4n) is 2.26. The Morgan fingerprint density at radius 2 is 1.55 bits per heavy atom. The van der Waals surface area contributed by atoms with Gasteiger partial charge in [-0.05, 0) is 5.92 Å². The van der Waals surface area contributed by atoms with Crippen molar-refractivity contribution in [2.75, 3.05) is 27.1 Å². The molecule has 0 bridgehead atoms. The maximum Gasteiger partial charge on any atom is 0.130 e. The van der Waals surface area contributed by atoms with Crippen molar-refractivity contribution < 1.29 is 18.4 Å². The molecule has 0 aliphatic heterocycles. The van der Waals surface area contributed by atoms with Crippen LogP contribution >= 0.6 is 0 Å². The largest absolute Gasteiger partial charge is 0.496 e. The number of rotatable bonds is 7. The molecule has 2 atom stereocenters. The van der Waals surface area contributed by atoms with Gasteiger partial charge in [0.1, 0.15) is 17.2 Å². The Morgan fingerprint density at radius 3 is 1.85 bits per heavy atom. The van der Waals surface area contributed by atoms with Gasteiger partial charge < -0.3 is 14.2 Å². The van der Waals surface area contributed by atoms with E-state index in [2.05, 4.69) is 13.8 Å². The van der Waals surface area contributed by atoms with Crippen LogP contribution in [0, 0.1) is 5.92 Å². The molecule has 0 aliphatic carbocycles. The average molecular weight is 300 g/mol. The van der Waals surface area contributed by atoms with E-state index in [0.29, 0.717) is 23.0 Å². The summed E-state index contributed by atoms with van der Waals surface area (Å²) >= 11 is 0. The van der Waals surface area contributed by atoms with E-state index in [9.17, 15) is 4.21 Å². The molecule has 0 saturated carbocycles. The Kier molecular flexibility index (Phi) is 6.33. The molecule has 0 N–H and O–H groups in total. The van der Waals surface area contributed by atoms with Gasteiger partial charge in [0, 0.05) is 28.7 Å². The van der Waals surface area contributed by atoms with E-state index in [1.165, 1.54) is 0 Å². The molecule has 0 saturated heterocycles. The van der Waals surface area contributed by atoms with Crippen LogP contribution in [0.15, 0.2) is 12.1 Å². The Balaban J connectivity index is 3.49. The third-order valence-corrected chi connectivity index (χ3v) is 5.13. The lowest BCUT2D eigenvalue weighted by molar-refractivity contribution is 0.364. The van der Waals surface area contributed by atoms with E-state index in [-0.39, 0.29) is 11.2 Å². The van der Waals surface area contributed by atoms with Gasteiger partial charge >= 0.3 is 0 Å². The summed E-state index contributed by atoms with van der Waals surface area (Å²) in [6.45, 7) is 6.04. The number of hydrogen-bond acceptors (Lipinski definition) is 4. The zero-order valence-electron chi connectivity index (χ0n) is 13.1. The van der Waals surface area contributed by atoms with Crippen LogP contribution in [0.3, 0.4) is 0 Å². The summed E-state index contributed by atoms with van der Waals surface area (Å²) < 4.78 is 28.6. The van der Waals surface area contributed by atoms with Crippen molar-refractivity contribution in [1.82, 2.24) is 0 Å². The minimum absolute atomic E-state index is 0.129. The van der Waals surface area contributed by atoms with Crippen LogP contribution in [0.1, 0.15) is 31.6 Å². The first-order valence-electron chi connectivity index (χ1n) is 6.67. The number of hydrogen-bond donors (Lipinski definition) is 0. The standard InChI is InChI=1S/C15H24O4S/c1-7-20(16)15(10(2)3)14-12(18-5)8-11(17-4)9-13(14)19-6/h8-10,15H,7H2,1-6H3. The highest BCUT2D eigenvalue weighted by atomic mass is 32.2. The lowest BCUT2D eigenvalue weighted by Gasteiger charge is -2.25. The molecule has 20 heavy (non-hydrogen) atoms. The van der Waals surface area contributed by atoms with Crippen molar-refractivity contribution in [2.45, 2.75) is 26.0 Å². The van der Waals surface area contributed by atoms with Gasteiger partial charge in [0.25, 0.3) is 0 Å². The topological polar surface area (TPSA) is 44.8 Å². The van der Waals surface area contributed by atoms with Gasteiger partial charge in [0.05, 0.1) is 32.1 Å². The zero-order chi connectivity index (χ0) is 15.3. The lowest BCUT2D eigenvalue weighted by Crippen LogP contribution is -2.17. The van der Waals surface area contributed by atoms with Gasteiger partial charge in [-0.15, -0.1) is 0 Å². The quantitative estimate of drug-likeness (QED) is 0.776. The van der Waals surface area contributed by atoms with Crippen molar-refractivity contribution >= 4 is 10.8 Å². The molecule has 0 aromatic heterocycles. The monoisotopic (exact) mass is 300 g/mol. The Morgan fingerprint density at radius 1 is 1.05 bits per heavy atom. The second-order valence-corrected chi connectivity index (χ2v) is 6.63. The molecular formula is C15H24O4S. The van der Waals surface area contributed by atoms with Crippen LogP contribution in [-0.4, -0.2) is 31.3 Å². The summed E-state index contributed by atoms with van der Waals surface area (Å²) in [6.07, 6.45) is 0. The molecule has 4 nitrogen and oxygen atoms in total. The third kappa shape index (κ3) is 3.45. The number of methoxy groups -OCH3 is 3. The fraction of sp³-hybridized carbons (Fsp3) is 0.600. The van der Waals surface area contributed by atoms with Gasteiger partial charge in [-0.1, -0.05) is 20.8 Å². The van der Waals surface area contributed by atoms with Gasteiger partial charge in [-0.25, -0.2) is 0 Å². The smallest absolute Gasteiger partial charge is 0.130 e. The predicted octanol–water partition coefficient (Wildman–Crippen LogP) is 3.18. The highest BCUT2D eigenvalue weighted by Gasteiger charge is 2.29. The SMILES string of the molecule is CCS(=O)C(c1c(OC)cc(OC)cc1OC)C(C)C. The Bertz CT molecular complexity index is 446. The third-order valence-electron chi connectivity index (χ3n) is 3.21. The first kappa shape index (κ1) is 16.8. The first-order chi connectivity index (χ1) is 9.49. The molecule has 5 heteroatoms. The molecular weight excluding hydrogens is 276 g/mol. The molecule has 0 heterocycles. The van der Waals surface area contributed by atoms with Crippen LogP contribution < -0.4 is 14.2 Å². The molecule has 0 radical (unpaired) electrons. The molecule has 114 valence electrons. The van der Waals surface area contributed by atoms with Crippen molar-refractivity contribution in [2.24, 2.45) is 5.92 Å². The van der Waals surface area contributed by atoms with E-state index in [1.807, 2.05) is 6.92 Å². The molecule has 1 aromatic carbocycles. The summed E-state index contributed by atoms with van der Waals surface area (Å²) in [5.41, 5.74) is 0.853. The highest BCUT2D eigenvalue weighted by Crippen LogP contribution is 2.43. The normalized spacial score (nSPS) is 13.9. The van der Waals surface area contributed by atoms with E-state index < -0.39 is 10.8 Å². The van der Waals surface area contributed by atoms with Crippen molar-refractivity contribution in [3.63, 3.8) is 0 Å². The van der Waals surface area contributed by atoms with Crippen molar-refractivity contribution in [3.05, 3.63) is 17.7 Å². The molecule has 0 amide bonds. The first-order valence-corrected chi connectivity index (χ1v) is 8.05. The van der Waals surface area contributed by atoms with Gasteiger partial charge in [0.2, 0.25) is 0 Å². The minimum atomic E-state index is -0.979. The summed E-state index contributed by atoms with van der Waals surface area (Å²) in [6, 6.07) is 3.61. The summed E-state index contributed by atoms with van der Waals surface area (Å²) in [5, 5.41) is -0.129. The maximum atomic E-state index is 12.4. The summed E-state index contributed by atoms with van der Waals surface area (Å²) in [4.78, 5) is 0.